The summed E-state index contributed by atoms with van der Waals surface area (Å²) in [4.78, 5) is 2.50. The highest BCUT2D eigenvalue weighted by atomic mass is 16.3. The highest BCUT2D eigenvalue weighted by Gasteiger charge is 2.46. The van der Waals surface area contributed by atoms with Gasteiger partial charge in [0.15, 0.2) is 0 Å². The summed E-state index contributed by atoms with van der Waals surface area (Å²) in [5, 5.41) is 7.04. The molecule has 0 amide bonds. The Morgan fingerprint density at radius 2 is 0.775 bits per heavy atom. The van der Waals surface area contributed by atoms with E-state index < -0.39 is 5.41 Å². The number of hydrogen-bond acceptors (Lipinski definition) is 2. The smallest absolute Gasteiger partial charge is 0.143 e. The molecule has 332 valence electrons. The molecule has 0 N–H and O–H groups in total. The van der Waals surface area contributed by atoms with Crippen LogP contribution < -0.4 is 4.90 Å². The lowest BCUT2D eigenvalue weighted by molar-refractivity contribution is 0.670. The summed E-state index contributed by atoms with van der Waals surface area (Å²) in [6.45, 7) is 0. The van der Waals surface area contributed by atoms with E-state index in [1.165, 1.54) is 71.6 Å². The van der Waals surface area contributed by atoms with Crippen molar-refractivity contribution >= 4 is 60.5 Å². The third-order valence-electron chi connectivity index (χ3n) is 14.9. The molecule has 0 radical (unpaired) electrons. The minimum Gasteiger partial charge on any atom is -0.455 e. The molecular weight excluding hydrogens is 859 g/mol. The molecule has 0 fully saturated rings. The van der Waals surface area contributed by atoms with Crippen LogP contribution in [0.2, 0.25) is 0 Å². The largest absolute Gasteiger partial charge is 0.455 e. The molecule has 12 aromatic carbocycles. The van der Waals surface area contributed by atoms with E-state index in [0.717, 1.165) is 55.7 Å². The van der Waals surface area contributed by atoms with Gasteiger partial charge in [-0.15, -0.1) is 0 Å². The first-order valence-corrected chi connectivity index (χ1v) is 24.5. The first-order valence-electron chi connectivity index (χ1n) is 24.5. The molecule has 1 aliphatic carbocycles. The van der Waals surface area contributed by atoms with Gasteiger partial charge >= 0.3 is 0 Å². The molecule has 14 rings (SSSR count). The fourth-order valence-corrected chi connectivity index (χ4v) is 11.9. The second-order valence-corrected chi connectivity index (χ2v) is 18.7. The predicted molar refractivity (Wildman–Crippen MR) is 297 cm³/mol. The summed E-state index contributed by atoms with van der Waals surface area (Å²) in [5.74, 6) is 0. The van der Waals surface area contributed by atoms with Crippen molar-refractivity contribution in [2.24, 2.45) is 0 Å². The van der Waals surface area contributed by atoms with Crippen LogP contribution >= 0.6 is 0 Å². The summed E-state index contributed by atoms with van der Waals surface area (Å²) in [5.41, 5.74) is 19.0. The van der Waals surface area contributed by atoms with E-state index in [9.17, 15) is 0 Å². The SMILES string of the molecule is c1ccc(-c2cccc(-c3c(N(c4ccc(-c5cccc6c5oc5ccccc56)cc4)c4ccc(C5(c6ccccc6)c6ccccc6-c6ccccc65)cc4)c4ccccc4c4ccccc34)c2)cc1. The fourth-order valence-electron chi connectivity index (χ4n) is 11.9. The monoisotopic (exact) mass is 903 g/mol. The number of fused-ring (bicyclic) bond motifs is 9. The van der Waals surface area contributed by atoms with Crippen LogP contribution in [0.1, 0.15) is 22.3 Å². The van der Waals surface area contributed by atoms with E-state index in [-0.39, 0.29) is 0 Å². The third kappa shape index (κ3) is 6.35. The molecule has 1 heterocycles. The number of para-hydroxylation sites is 2. The second kappa shape index (κ2) is 16.5. The van der Waals surface area contributed by atoms with Crippen LogP contribution in [-0.2, 0) is 5.41 Å². The van der Waals surface area contributed by atoms with Crippen molar-refractivity contribution in [2.45, 2.75) is 5.41 Å². The maximum Gasteiger partial charge on any atom is 0.143 e. The van der Waals surface area contributed by atoms with Crippen LogP contribution in [0.4, 0.5) is 17.1 Å². The topological polar surface area (TPSA) is 16.4 Å². The second-order valence-electron chi connectivity index (χ2n) is 18.7. The molecule has 0 saturated carbocycles. The summed E-state index contributed by atoms with van der Waals surface area (Å²) >= 11 is 0. The van der Waals surface area contributed by atoms with Gasteiger partial charge in [-0.1, -0.05) is 237 Å². The molecule has 0 aliphatic heterocycles. The number of benzene rings is 12. The van der Waals surface area contributed by atoms with E-state index in [0.29, 0.717) is 0 Å². The third-order valence-corrected chi connectivity index (χ3v) is 14.9. The van der Waals surface area contributed by atoms with Crippen molar-refractivity contribution in [1.29, 1.82) is 0 Å². The Morgan fingerprint density at radius 1 is 0.296 bits per heavy atom. The lowest BCUT2D eigenvalue weighted by Gasteiger charge is -2.35. The van der Waals surface area contributed by atoms with Crippen molar-refractivity contribution in [3.8, 4) is 44.5 Å². The zero-order valence-corrected chi connectivity index (χ0v) is 38.8. The Labute approximate surface area is 413 Å². The standard InChI is InChI=1S/C69H45NO/c1-3-19-46(20-4-1)48-21-17-22-49(45-48)66-60-30-9-7-25-55(60)56-26-8-10-31-61(56)67(66)70(52-41-37-47(38-42-52)54-32-18-33-62-59-29-13-16-36-65(59)71-68(54)62)53-43-39-51(40-44-53)69(50-23-5-2-6-24-50)63-34-14-11-27-57(63)58-28-12-15-35-64(58)69/h1-45H. The minimum atomic E-state index is -0.518. The van der Waals surface area contributed by atoms with Crippen LogP contribution in [0.15, 0.2) is 277 Å². The summed E-state index contributed by atoms with van der Waals surface area (Å²) in [6, 6.07) is 100.0. The van der Waals surface area contributed by atoms with Gasteiger partial charge < -0.3 is 9.32 Å². The summed E-state index contributed by atoms with van der Waals surface area (Å²) in [7, 11) is 0. The molecule has 1 aromatic heterocycles. The molecule has 0 atom stereocenters. The van der Waals surface area contributed by atoms with Gasteiger partial charge in [-0.3, -0.25) is 0 Å². The van der Waals surface area contributed by atoms with Gasteiger partial charge in [0.05, 0.1) is 11.1 Å². The molecule has 2 heteroatoms. The molecule has 71 heavy (non-hydrogen) atoms. The minimum absolute atomic E-state index is 0.518. The normalized spacial score (nSPS) is 12.6. The zero-order chi connectivity index (χ0) is 46.9. The van der Waals surface area contributed by atoms with Crippen molar-refractivity contribution < 1.29 is 4.42 Å². The summed E-state index contributed by atoms with van der Waals surface area (Å²) < 4.78 is 6.58. The van der Waals surface area contributed by atoms with Crippen LogP contribution in [0.25, 0.3) is 88.0 Å². The van der Waals surface area contributed by atoms with Gasteiger partial charge in [0.2, 0.25) is 0 Å². The van der Waals surface area contributed by atoms with Gasteiger partial charge in [0.1, 0.15) is 11.2 Å². The number of rotatable bonds is 8. The molecule has 0 unspecified atom stereocenters. The number of nitrogens with zero attached hydrogens (tertiary/aromatic N) is 1. The highest BCUT2D eigenvalue weighted by molar-refractivity contribution is 6.22. The van der Waals surface area contributed by atoms with E-state index in [1.54, 1.807) is 0 Å². The molecule has 0 saturated heterocycles. The predicted octanol–water partition coefficient (Wildman–Crippen LogP) is 18.7. The van der Waals surface area contributed by atoms with Gasteiger partial charge in [0, 0.05) is 38.7 Å². The molecule has 0 bridgehead atoms. The first kappa shape index (κ1) is 40.8. The van der Waals surface area contributed by atoms with Gasteiger partial charge in [-0.05, 0) is 108 Å². The lowest BCUT2D eigenvalue weighted by atomic mass is 9.67. The molecule has 13 aromatic rings. The Hall–Kier alpha value is -9.24. The Kier molecular flexibility index (Phi) is 9.47. The molecular formula is C69H45NO. The van der Waals surface area contributed by atoms with E-state index in [2.05, 4.69) is 272 Å². The highest BCUT2D eigenvalue weighted by Crippen LogP contribution is 2.57. The Bertz CT molecular complexity index is 4100. The average molecular weight is 904 g/mol. The molecule has 2 nitrogen and oxygen atoms in total. The van der Waals surface area contributed by atoms with Crippen LogP contribution in [-0.4, -0.2) is 0 Å². The Balaban J connectivity index is 1.03. The fraction of sp³-hybridized carbons (Fsp3) is 0.0145. The average Bonchev–Trinajstić information content (AvgIpc) is 3.98. The molecule has 1 aliphatic rings. The number of anilines is 3. The van der Waals surface area contributed by atoms with Gasteiger partial charge in [-0.25, -0.2) is 0 Å². The van der Waals surface area contributed by atoms with Crippen LogP contribution in [0.5, 0.6) is 0 Å². The van der Waals surface area contributed by atoms with Crippen LogP contribution in [0, 0.1) is 0 Å². The van der Waals surface area contributed by atoms with Crippen molar-refractivity contribution in [1.82, 2.24) is 0 Å². The lowest BCUT2D eigenvalue weighted by Crippen LogP contribution is -2.28. The van der Waals surface area contributed by atoms with E-state index in [1.807, 2.05) is 6.07 Å². The summed E-state index contributed by atoms with van der Waals surface area (Å²) in [6.07, 6.45) is 0. The van der Waals surface area contributed by atoms with Crippen LogP contribution in [0.3, 0.4) is 0 Å². The number of furan rings is 1. The maximum atomic E-state index is 6.58. The Morgan fingerprint density at radius 3 is 1.48 bits per heavy atom. The van der Waals surface area contributed by atoms with Crippen molar-refractivity contribution in [3.63, 3.8) is 0 Å². The van der Waals surface area contributed by atoms with Crippen molar-refractivity contribution in [2.75, 3.05) is 4.90 Å². The molecule has 0 spiro atoms. The van der Waals surface area contributed by atoms with E-state index >= 15 is 0 Å². The van der Waals surface area contributed by atoms with E-state index in [4.69, 9.17) is 4.42 Å². The number of hydrogen-bond donors (Lipinski definition) is 0. The van der Waals surface area contributed by atoms with Gasteiger partial charge in [-0.2, -0.15) is 0 Å². The van der Waals surface area contributed by atoms with Gasteiger partial charge in [0.25, 0.3) is 0 Å². The maximum absolute atomic E-state index is 6.58. The zero-order valence-electron chi connectivity index (χ0n) is 38.8. The quantitative estimate of drug-likeness (QED) is 0.141. The van der Waals surface area contributed by atoms with Crippen molar-refractivity contribution in [3.05, 3.63) is 295 Å². The first-order chi connectivity index (χ1) is 35.2.